The average Bonchev–Trinajstić information content (AvgIpc) is 3.36. The molecule has 0 radical (unpaired) electrons. The van der Waals surface area contributed by atoms with E-state index in [2.05, 4.69) is 27.4 Å². The van der Waals surface area contributed by atoms with Crippen molar-refractivity contribution in [3.05, 3.63) is 47.8 Å². The SMILES string of the molecule is Cn1nccc1CNC(=O)[C@@H]1CN(CC2CCOCC2)[C@H]2c3ccccc3OC[C@@H]12. The Balaban J connectivity index is 1.35. The molecule has 3 aliphatic rings. The van der Waals surface area contributed by atoms with Gasteiger partial charge in [-0.2, -0.15) is 5.10 Å². The maximum Gasteiger partial charge on any atom is 0.225 e. The standard InChI is InChI=1S/C23H30N4O3/c1-26-17(6-9-25-26)12-24-23(28)19-14-27(13-16-7-10-29-11-8-16)22-18-4-2-3-5-21(18)30-15-20(19)22/h2-6,9,16,19-20,22H,7-8,10-15H2,1H3,(H,24,28)/t19-,20+,22+/m1/s1. The lowest BCUT2D eigenvalue weighted by atomic mass is 9.84. The molecule has 1 aromatic carbocycles. The molecule has 7 nitrogen and oxygen atoms in total. The van der Waals surface area contributed by atoms with E-state index in [0.29, 0.717) is 19.1 Å². The van der Waals surface area contributed by atoms with E-state index in [1.807, 2.05) is 25.2 Å². The summed E-state index contributed by atoms with van der Waals surface area (Å²) >= 11 is 0. The Morgan fingerprint density at radius 1 is 1.23 bits per heavy atom. The van der Waals surface area contributed by atoms with Crippen LogP contribution in [0.4, 0.5) is 0 Å². The van der Waals surface area contributed by atoms with Gasteiger partial charge in [-0.3, -0.25) is 14.4 Å². The van der Waals surface area contributed by atoms with E-state index in [9.17, 15) is 4.79 Å². The van der Waals surface area contributed by atoms with Gasteiger partial charge in [-0.1, -0.05) is 18.2 Å². The van der Waals surface area contributed by atoms with Crippen LogP contribution in [0.25, 0.3) is 0 Å². The molecule has 4 heterocycles. The zero-order valence-electron chi connectivity index (χ0n) is 17.5. The molecule has 2 fully saturated rings. The molecule has 1 amide bonds. The smallest absolute Gasteiger partial charge is 0.225 e. The monoisotopic (exact) mass is 410 g/mol. The van der Waals surface area contributed by atoms with Crippen LogP contribution in [0.15, 0.2) is 36.5 Å². The second-order valence-electron chi connectivity index (χ2n) is 8.74. The molecule has 0 bridgehead atoms. The lowest BCUT2D eigenvalue weighted by Crippen LogP contribution is -2.38. The molecule has 3 aliphatic heterocycles. The van der Waals surface area contributed by atoms with Crippen LogP contribution in [-0.4, -0.2) is 53.5 Å². The summed E-state index contributed by atoms with van der Waals surface area (Å²) < 4.78 is 13.4. The number of carbonyl (C=O) groups is 1. The first-order chi connectivity index (χ1) is 14.7. The normalized spacial score (nSPS) is 26.6. The van der Waals surface area contributed by atoms with Gasteiger partial charge in [0.05, 0.1) is 24.8 Å². The van der Waals surface area contributed by atoms with Crippen molar-refractivity contribution in [2.45, 2.75) is 25.4 Å². The highest BCUT2D eigenvalue weighted by molar-refractivity contribution is 5.80. The lowest BCUT2D eigenvalue weighted by Gasteiger charge is -2.36. The van der Waals surface area contributed by atoms with E-state index in [-0.39, 0.29) is 23.8 Å². The summed E-state index contributed by atoms with van der Waals surface area (Å²) in [4.78, 5) is 15.8. The highest BCUT2D eigenvalue weighted by atomic mass is 16.5. The fraction of sp³-hybridized carbons (Fsp3) is 0.565. The minimum atomic E-state index is -0.0728. The quantitative estimate of drug-likeness (QED) is 0.818. The van der Waals surface area contributed by atoms with Crippen LogP contribution in [0.3, 0.4) is 0 Å². The van der Waals surface area contributed by atoms with E-state index in [1.165, 1.54) is 5.56 Å². The van der Waals surface area contributed by atoms with Gasteiger partial charge in [0.25, 0.3) is 0 Å². The lowest BCUT2D eigenvalue weighted by molar-refractivity contribution is -0.126. The van der Waals surface area contributed by atoms with Crippen molar-refractivity contribution >= 4 is 5.91 Å². The third-order valence-electron chi connectivity index (χ3n) is 6.95. The molecule has 0 saturated carbocycles. The summed E-state index contributed by atoms with van der Waals surface area (Å²) in [7, 11) is 1.90. The van der Waals surface area contributed by atoms with Crippen molar-refractivity contribution in [3.8, 4) is 5.75 Å². The van der Waals surface area contributed by atoms with Crippen molar-refractivity contribution in [3.63, 3.8) is 0 Å². The molecule has 1 aromatic heterocycles. The van der Waals surface area contributed by atoms with E-state index in [4.69, 9.17) is 9.47 Å². The Kier molecular flexibility index (Phi) is 5.48. The number of fused-ring (bicyclic) bond motifs is 3. The molecular weight excluding hydrogens is 380 g/mol. The highest BCUT2D eigenvalue weighted by Crippen LogP contribution is 2.47. The van der Waals surface area contributed by atoms with Crippen LogP contribution in [-0.2, 0) is 23.1 Å². The number of benzene rings is 1. The first-order valence-corrected chi connectivity index (χ1v) is 11.0. The van der Waals surface area contributed by atoms with Gasteiger partial charge in [-0.25, -0.2) is 0 Å². The number of para-hydroxylation sites is 1. The number of rotatable bonds is 5. The predicted octanol–water partition coefficient (Wildman–Crippen LogP) is 2.14. The second kappa shape index (κ2) is 8.40. The van der Waals surface area contributed by atoms with Crippen LogP contribution in [0, 0.1) is 17.8 Å². The van der Waals surface area contributed by atoms with Crippen LogP contribution in [0.1, 0.15) is 30.1 Å². The number of carbonyl (C=O) groups excluding carboxylic acids is 1. The van der Waals surface area contributed by atoms with Gasteiger partial charge in [-0.15, -0.1) is 0 Å². The zero-order chi connectivity index (χ0) is 20.5. The van der Waals surface area contributed by atoms with Gasteiger partial charge in [0.1, 0.15) is 5.75 Å². The van der Waals surface area contributed by atoms with Gasteiger partial charge >= 0.3 is 0 Å². The molecule has 2 aromatic rings. The number of aryl methyl sites for hydroxylation is 1. The van der Waals surface area contributed by atoms with Crippen LogP contribution in [0.5, 0.6) is 5.75 Å². The van der Waals surface area contributed by atoms with Crippen molar-refractivity contribution in [2.75, 3.05) is 32.9 Å². The summed E-state index contributed by atoms with van der Waals surface area (Å²) in [6, 6.07) is 10.5. The maximum absolute atomic E-state index is 13.2. The predicted molar refractivity (Wildman–Crippen MR) is 112 cm³/mol. The molecule has 0 aliphatic carbocycles. The molecule has 7 heteroatoms. The van der Waals surface area contributed by atoms with Crippen molar-refractivity contribution in [1.29, 1.82) is 0 Å². The van der Waals surface area contributed by atoms with Gasteiger partial charge in [-0.05, 0) is 30.9 Å². The molecule has 160 valence electrons. The molecule has 1 N–H and O–H groups in total. The summed E-state index contributed by atoms with van der Waals surface area (Å²) in [6.45, 7) is 4.59. The largest absolute Gasteiger partial charge is 0.493 e. The van der Waals surface area contributed by atoms with Gasteiger partial charge in [0.2, 0.25) is 5.91 Å². The first kappa shape index (κ1) is 19.6. The summed E-state index contributed by atoms with van der Waals surface area (Å²) in [5.74, 6) is 1.81. The number of nitrogens with one attached hydrogen (secondary N) is 1. The molecule has 30 heavy (non-hydrogen) atoms. The number of amides is 1. The molecular formula is C23H30N4O3. The Morgan fingerprint density at radius 3 is 2.87 bits per heavy atom. The van der Waals surface area contributed by atoms with Crippen LogP contribution < -0.4 is 10.1 Å². The van der Waals surface area contributed by atoms with Crippen LogP contribution >= 0.6 is 0 Å². The third kappa shape index (κ3) is 3.72. The topological polar surface area (TPSA) is 68.6 Å². The van der Waals surface area contributed by atoms with Crippen molar-refractivity contribution in [1.82, 2.24) is 20.0 Å². The van der Waals surface area contributed by atoms with Gasteiger partial charge < -0.3 is 14.8 Å². The van der Waals surface area contributed by atoms with Crippen LogP contribution in [0.2, 0.25) is 0 Å². The van der Waals surface area contributed by atoms with E-state index < -0.39 is 0 Å². The van der Waals surface area contributed by atoms with Gasteiger partial charge in [0.15, 0.2) is 0 Å². The number of ether oxygens (including phenoxy) is 2. The Hall–Kier alpha value is -2.38. The van der Waals surface area contributed by atoms with E-state index >= 15 is 0 Å². The van der Waals surface area contributed by atoms with Crippen molar-refractivity contribution < 1.29 is 14.3 Å². The maximum atomic E-state index is 13.2. The summed E-state index contributed by atoms with van der Waals surface area (Å²) in [5.41, 5.74) is 2.23. The fourth-order valence-corrected chi connectivity index (χ4v) is 5.28. The van der Waals surface area contributed by atoms with Gasteiger partial charge in [0, 0.05) is 57.1 Å². The van der Waals surface area contributed by atoms with E-state index in [1.54, 1.807) is 10.9 Å². The summed E-state index contributed by atoms with van der Waals surface area (Å²) in [5, 5.41) is 7.33. The Morgan fingerprint density at radius 2 is 2.07 bits per heavy atom. The Bertz CT molecular complexity index is 892. The minimum Gasteiger partial charge on any atom is -0.493 e. The number of nitrogens with zero attached hydrogens (tertiary/aromatic N) is 3. The molecule has 5 rings (SSSR count). The first-order valence-electron chi connectivity index (χ1n) is 11.0. The summed E-state index contributed by atoms with van der Waals surface area (Å²) in [6.07, 6.45) is 3.96. The minimum absolute atomic E-state index is 0.0728. The average molecular weight is 411 g/mol. The molecule has 3 atom stereocenters. The zero-order valence-corrected chi connectivity index (χ0v) is 17.5. The van der Waals surface area contributed by atoms with E-state index in [0.717, 1.165) is 50.6 Å². The Labute approximate surface area is 177 Å². The fourth-order valence-electron chi connectivity index (χ4n) is 5.28. The second-order valence-corrected chi connectivity index (χ2v) is 8.74. The molecule has 0 unspecified atom stereocenters. The number of likely N-dealkylation sites (tertiary alicyclic amines) is 1. The third-order valence-corrected chi connectivity index (χ3v) is 6.95. The molecule has 2 saturated heterocycles. The molecule has 0 spiro atoms. The number of hydrogen-bond acceptors (Lipinski definition) is 5. The highest BCUT2D eigenvalue weighted by Gasteiger charge is 2.49. The van der Waals surface area contributed by atoms with Crippen molar-refractivity contribution in [2.24, 2.45) is 24.8 Å². The number of hydrogen-bond donors (Lipinski definition) is 1. The number of aromatic nitrogens is 2.